The van der Waals surface area contributed by atoms with Gasteiger partial charge in [-0.05, 0) is 31.2 Å². The maximum atomic E-state index is 12.2. The zero-order valence-electron chi connectivity index (χ0n) is 12.6. The van der Waals surface area contributed by atoms with Crippen LogP contribution in [0, 0.1) is 0 Å². The number of nitrogens with zero attached hydrogens (tertiary/aromatic N) is 2. The van der Waals surface area contributed by atoms with Crippen LogP contribution in [0.4, 0.5) is 5.69 Å². The van der Waals surface area contributed by atoms with Crippen molar-refractivity contribution in [1.82, 2.24) is 9.97 Å². The molecule has 2 rings (SSSR count). The van der Waals surface area contributed by atoms with Crippen LogP contribution in [0.25, 0.3) is 0 Å². The minimum absolute atomic E-state index is 0.0353. The predicted octanol–water partition coefficient (Wildman–Crippen LogP) is 1.86. The molecule has 1 N–H and O–H groups in total. The Bertz CT molecular complexity index is 714. The predicted molar refractivity (Wildman–Crippen MR) is 82.0 cm³/mol. The van der Waals surface area contributed by atoms with Crippen molar-refractivity contribution in [2.45, 2.75) is 20.0 Å². The fourth-order valence-corrected chi connectivity index (χ4v) is 1.83. The first-order chi connectivity index (χ1) is 11.0. The first kappa shape index (κ1) is 16.3. The van der Waals surface area contributed by atoms with Gasteiger partial charge in [-0.15, -0.1) is 0 Å². The number of ether oxygens (including phenoxy) is 1. The van der Waals surface area contributed by atoms with Gasteiger partial charge in [0, 0.05) is 30.6 Å². The van der Waals surface area contributed by atoms with Crippen molar-refractivity contribution in [1.29, 1.82) is 0 Å². The minimum Gasteiger partial charge on any atom is -0.449 e. The molecule has 23 heavy (non-hydrogen) atoms. The molecule has 1 heterocycles. The summed E-state index contributed by atoms with van der Waals surface area (Å²) in [6, 6.07) is 6.32. The number of hydrogen-bond acceptors (Lipinski definition) is 6. The van der Waals surface area contributed by atoms with Crippen molar-refractivity contribution in [3.63, 3.8) is 0 Å². The Morgan fingerprint density at radius 1 is 1.13 bits per heavy atom. The van der Waals surface area contributed by atoms with Crippen molar-refractivity contribution in [3.05, 3.63) is 54.1 Å². The van der Waals surface area contributed by atoms with Crippen LogP contribution in [0.2, 0.25) is 0 Å². The summed E-state index contributed by atoms with van der Waals surface area (Å²) in [5.74, 6) is -1.26. The number of nitrogens with one attached hydrogen (secondary N) is 1. The summed E-state index contributed by atoms with van der Waals surface area (Å²) in [7, 11) is 0. The van der Waals surface area contributed by atoms with Crippen molar-refractivity contribution in [2.75, 3.05) is 5.32 Å². The maximum absolute atomic E-state index is 12.2. The van der Waals surface area contributed by atoms with E-state index in [2.05, 4.69) is 15.3 Å². The Morgan fingerprint density at radius 2 is 1.83 bits per heavy atom. The van der Waals surface area contributed by atoms with E-state index in [0.717, 1.165) is 0 Å². The highest BCUT2D eigenvalue weighted by Crippen LogP contribution is 2.13. The molecule has 0 unspecified atom stereocenters. The van der Waals surface area contributed by atoms with Crippen molar-refractivity contribution in [2.24, 2.45) is 0 Å². The second-order valence-electron chi connectivity index (χ2n) is 4.76. The normalized spacial score (nSPS) is 11.4. The molecule has 7 heteroatoms. The smallest absolute Gasteiger partial charge is 0.359 e. The van der Waals surface area contributed by atoms with Gasteiger partial charge < -0.3 is 10.1 Å². The Hall–Kier alpha value is -3.09. The summed E-state index contributed by atoms with van der Waals surface area (Å²) < 4.78 is 5.09. The second kappa shape index (κ2) is 7.26. The van der Waals surface area contributed by atoms with Gasteiger partial charge in [0.1, 0.15) is 0 Å². The van der Waals surface area contributed by atoms with Gasteiger partial charge in [0.2, 0.25) is 11.7 Å². The summed E-state index contributed by atoms with van der Waals surface area (Å²) >= 11 is 0. The Kier molecular flexibility index (Phi) is 5.14. The molecule has 0 aliphatic carbocycles. The zero-order valence-corrected chi connectivity index (χ0v) is 12.6. The first-order valence-electron chi connectivity index (χ1n) is 6.86. The lowest BCUT2D eigenvalue weighted by Gasteiger charge is -2.12. The van der Waals surface area contributed by atoms with E-state index in [-0.39, 0.29) is 17.4 Å². The lowest BCUT2D eigenvalue weighted by Crippen LogP contribution is -2.25. The van der Waals surface area contributed by atoms with Crippen LogP contribution >= 0.6 is 0 Å². The summed E-state index contributed by atoms with van der Waals surface area (Å²) in [5.41, 5.74) is 0.991. The first-order valence-corrected chi connectivity index (χ1v) is 6.86. The summed E-state index contributed by atoms with van der Waals surface area (Å²) in [6.07, 6.45) is 3.10. The number of hydrogen-bond donors (Lipinski definition) is 1. The van der Waals surface area contributed by atoms with E-state index in [1.807, 2.05) is 0 Å². The minimum atomic E-state index is -0.962. The fraction of sp³-hybridized carbons (Fsp3) is 0.188. The maximum Gasteiger partial charge on any atom is 0.359 e. The van der Waals surface area contributed by atoms with Gasteiger partial charge in [-0.1, -0.05) is 0 Å². The molecule has 0 spiro atoms. The van der Waals surface area contributed by atoms with Crippen molar-refractivity contribution in [3.8, 4) is 0 Å². The number of Topliss-reactive ketones (excluding diaryl/α,β-unsaturated/α-hetero) is 1. The van der Waals surface area contributed by atoms with Crippen molar-refractivity contribution < 1.29 is 19.1 Å². The lowest BCUT2D eigenvalue weighted by molar-refractivity contribution is -0.114. The topological polar surface area (TPSA) is 98.2 Å². The Morgan fingerprint density at radius 3 is 2.39 bits per heavy atom. The highest BCUT2D eigenvalue weighted by Gasteiger charge is 2.21. The van der Waals surface area contributed by atoms with Gasteiger partial charge in [-0.2, -0.15) is 0 Å². The van der Waals surface area contributed by atoms with Gasteiger partial charge in [-0.25, -0.2) is 9.78 Å². The van der Waals surface area contributed by atoms with Crippen LogP contribution in [0.15, 0.2) is 42.9 Å². The number of ketones is 1. The van der Waals surface area contributed by atoms with Crippen LogP contribution in [0.1, 0.15) is 34.7 Å². The molecule has 0 fully saturated rings. The van der Waals surface area contributed by atoms with Gasteiger partial charge in [0.25, 0.3) is 0 Å². The summed E-state index contributed by atoms with van der Waals surface area (Å²) in [6.45, 7) is 2.88. The molecule has 118 valence electrons. The molecule has 0 saturated heterocycles. The molecular formula is C16H15N3O4. The summed E-state index contributed by atoms with van der Waals surface area (Å²) in [4.78, 5) is 42.6. The molecule has 7 nitrogen and oxygen atoms in total. The third kappa shape index (κ3) is 4.44. The molecule has 1 amide bonds. The molecule has 0 aliphatic rings. The average Bonchev–Trinajstić information content (AvgIpc) is 2.55. The molecular weight excluding hydrogens is 298 g/mol. The molecule has 0 aliphatic heterocycles. The standard InChI is InChI=1S/C16H15N3O4/c1-10(23-16(22)14-9-17-7-8-18-14)15(21)12-3-5-13(6-4-12)19-11(2)20/h3-10H,1-2H3,(H,19,20)/t10-/m0/s1. The number of esters is 1. The van der Waals surface area contributed by atoms with E-state index in [4.69, 9.17) is 4.74 Å². The van der Waals surface area contributed by atoms with Gasteiger partial charge in [-0.3, -0.25) is 14.6 Å². The van der Waals surface area contributed by atoms with Crippen LogP contribution in [-0.2, 0) is 9.53 Å². The SMILES string of the molecule is CC(=O)Nc1ccc(C(=O)[C@H](C)OC(=O)c2cnccn2)cc1. The average molecular weight is 313 g/mol. The molecule has 0 radical (unpaired) electrons. The van der Waals surface area contributed by atoms with Crippen molar-refractivity contribution >= 4 is 23.3 Å². The van der Waals surface area contributed by atoms with E-state index in [9.17, 15) is 14.4 Å². The van der Waals surface area contributed by atoms with Gasteiger partial charge >= 0.3 is 5.97 Å². The molecule has 0 bridgehead atoms. The monoisotopic (exact) mass is 313 g/mol. The third-order valence-electron chi connectivity index (χ3n) is 2.92. The third-order valence-corrected chi connectivity index (χ3v) is 2.92. The van der Waals surface area contributed by atoms with E-state index in [1.54, 1.807) is 24.3 Å². The summed E-state index contributed by atoms with van der Waals surface area (Å²) in [5, 5.41) is 2.60. The largest absolute Gasteiger partial charge is 0.449 e. The van der Waals surface area contributed by atoms with Crippen LogP contribution in [0.3, 0.4) is 0 Å². The highest BCUT2D eigenvalue weighted by molar-refractivity contribution is 6.01. The molecule has 1 atom stereocenters. The number of carbonyl (C=O) groups excluding carboxylic acids is 3. The van der Waals surface area contributed by atoms with Gasteiger partial charge in [0.05, 0.1) is 6.20 Å². The highest BCUT2D eigenvalue weighted by atomic mass is 16.5. The van der Waals surface area contributed by atoms with E-state index >= 15 is 0 Å². The number of amides is 1. The Balaban J connectivity index is 2.02. The molecule has 2 aromatic rings. The van der Waals surface area contributed by atoms with E-state index in [1.165, 1.54) is 32.4 Å². The number of carbonyl (C=O) groups is 3. The second-order valence-corrected chi connectivity index (χ2v) is 4.76. The number of rotatable bonds is 5. The fourth-order valence-electron chi connectivity index (χ4n) is 1.83. The molecule has 1 aromatic carbocycles. The quantitative estimate of drug-likeness (QED) is 0.668. The number of benzene rings is 1. The molecule has 0 saturated carbocycles. The Labute approximate surface area is 132 Å². The van der Waals surface area contributed by atoms with E-state index < -0.39 is 12.1 Å². The lowest BCUT2D eigenvalue weighted by atomic mass is 10.1. The zero-order chi connectivity index (χ0) is 16.8. The van der Waals surface area contributed by atoms with Crippen LogP contribution in [0.5, 0.6) is 0 Å². The van der Waals surface area contributed by atoms with Crippen LogP contribution in [-0.4, -0.2) is 33.7 Å². The van der Waals surface area contributed by atoms with Gasteiger partial charge in [0.15, 0.2) is 11.8 Å². The number of anilines is 1. The molecule has 1 aromatic heterocycles. The van der Waals surface area contributed by atoms with E-state index in [0.29, 0.717) is 11.3 Å². The number of aromatic nitrogens is 2. The van der Waals surface area contributed by atoms with Crippen LogP contribution < -0.4 is 5.32 Å².